The first-order chi connectivity index (χ1) is 12.7. The van der Waals surface area contributed by atoms with E-state index >= 15 is 0 Å². The van der Waals surface area contributed by atoms with Crippen LogP contribution in [0.1, 0.15) is 0 Å². The maximum absolute atomic E-state index is 13.1. The van der Waals surface area contributed by atoms with E-state index in [1.54, 1.807) is 30.3 Å². The molecule has 3 aromatic rings. The number of carbonyl (C=O) groups excluding carboxylic acids is 1. The standard InChI is InChI=1S/C19H19FN4O2/c20-14-3-1-13(2-4-14)19-23-16-11-15(5-6-17(16)26-19)22-18(25)12-24-9-7-21-8-10-24/h1-6,11,21H,7-10,12H2,(H,22,25). The van der Waals surface area contributed by atoms with Gasteiger partial charge in [0.1, 0.15) is 11.3 Å². The lowest BCUT2D eigenvalue weighted by Crippen LogP contribution is -2.46. The highest BCUT2D eigenvalue weighted by molar-refractivity contribution is 5.94. The fourth-order valence-electron chi connectivity index (χ4n) is 2.99. The zero-order valence-corrected chi connectivity index (χ0v) is 14.2. The van der Waals surface area contributed by atoms with Crippen molar-refractivity contribution < 1.29 is 13.6 Å². The van der Waals surface area contributed by atoms with Crippen LogP contribution in [0.5, 0.6) is 0 Å². The van der Waals surface area contributed by atoms with Gasteiger partial charge in [-0.05, 0) is 42.5 Å². The number of rotatable bonds is 4. The van der Waals surface area contributed by atoms with Crippen molar-refractivity contribution in [1.29, 1.82) is 0 Å². The van der Waals surface area contributed by atoms with Crippen LogP contribution in [0.2, 0.25) is 0 Å². The van der Waals surface area contributed by atoms with Gasteiger partial charge >= 0.3 is 0 Å². The Morgan fingerprint density at radius 1 is 1.19 bits per heavy atom. The number of piperazine rings is 1. The van der Waals surface area contributed by atoms with Crippen LogP contribution >= 0.6 is 0 Å². The van der Waals surface area contributed by atoms with E-state index in [4.69, 9.17) is 4.42 Å². The van der Waals surface area contributed by atoms with Crippen LogP contribution in [0, 0.1) is 5.82 Å². The summed E-state index contributed by atoms with van der Waals surface area (Å²) in [5.41, 5.74) is 2.64. The summed E-state index contributed by atoms with van der Waals surface area (Å²) in [6.07, 6.45) is 0. The summed E-state index contributed by atoms with van der Waals surface area (Å²) >= 11 is 0. The molecule has 1 aliphatic heterocycles. The van der Waals surface area contributed by atoms with E-state index in [-0.39, 0.29) is 11.7 Å². The van der Waals surface area contributed by atoms with Gasteiger partial charge in [0.05, 0.1) is 6.54 Å². The number of hydrogen-bond acceptors (Lipinski definition) is 5. The van der Waals surface area contributed by atoms with Crippen LogP contribution in [0.4, 0.5) is 10.1 Å². The lowest BCUT2D eigenvalue weighted by atomic mass is 10.2. The van der Waals surface area contributed by atoms with Crippen molar-refractivity contribution in [3.8, 4) is 11.5 Å². The molecule has 1 fully saturated rings. The largest absolute Gasteiger partial charge is 0.436 e. The van der Waals surface area contributed by atoms with Gasteiger partial charge in [0.25, 0.3) is 0 Å². The quantitative estimate of drug-likeness (QED) is 0.753. The highest BCUT2D eigenvalue weighted by Gasteiger charge is 2.14. The zero-order valence-electron chi connectivity index (χ0n) is 14.2. The van der Waals surface area contributed by atoms with Crippen LogP contribution < -0.4 is 10.6 Å². The van der Waals surface area contributed by atoms with Crippen LogP contribution in [-0.4, -0.2) is 48.5 Å². The lowest BCUT2D eigenvalue weighted by molar-refractivity contribution is -0.117. The van der Waals surface area contributed by atoms with Crippen LogP contribution in [-0.2, 0) is 4.79 Å². The van der Waals surface area contributed by atoms with Gasteiger partial charge in [-0.1, -0.05) is 0 Å². The second-order valence-electron chi connectivity index (χ2n) is 6.28. The summed E-state index contributed by atoms with van der Waals surface area (Å²) in [5.74, 6) is 0.0668. The molecule has 1 saturated heterocycles. The predicted octanol–water partition coefficient (Wildman–Crippen LogP) is 2.48. The topological polar surface area (TPSA) is 70.4 Å². The minimum atomic E-state index is -0.306. The van der Waals surface area contributed by atoms with Crippen LogP contribution in [0.3, 0.4) is 0 Å². The van der Waals surface area contributed by atoms with E-state index < -0.39 is 0 Å². The average molecular weight is 354 g/mol. The van der Waals surface area contributed by atoms with E-state index in [0.717, 1.165) is 26.2 Å². The maximum Gasteiger partial charge on any atom is 0.238 e. The molecular formula is C19H19FN4O2. The number of fused-ring (bicyclic) bond motifs is 1. The molecule has 0 atom stereocenters. The lowest BCUT2D eigenvalue weighted by Gasteiger charge is -2.26. The predicted molar refractivity (Wildman–Crippen MR) is 97.3 cm³/mol. The molecule has 134 valence electrons. The Morgan fingerprint density at radius 2 is 1.96 bits per heavy atom. The van der Waals surface area contributed by atoms with Gasteiger partial charge in [0.15, 0.2) is 5.58 Å². The van der Waals surface area contributed by atoms with Gasteiger partial charge in [0.2, 0.25) is 11.8 Å². The van der Waals surface area contributed by atoms with Crippen molar-refractivity contribution in [2.45, 2.75) is 0 Å². The number of nitrogens with one attached hydrogen (secondary N) is 2. The third-order valence-electron chi connectivity index (χ3n) is 4.34. The Bertz CT molecular complexity index is 917. The SMILES string of the molecule is O=C(CN1CCNCC1)Nc1ccc2oc(-c3ccc(F)cc3)nc2c1. The fourth-order valence-corrected chi connectivity index (χ4v) is 2.99. The van der Waals surface area contributed by atoms with E-state index in [1.807, 2.05) is 0 Å². The molecule has 1 amide bonds. The molecule has 0 unspecified atom stereocenters. The molecule has 4 rings (SSSR count). The summed E-state index contributed by atoms with van der Waals surface area (Å²) in [7, 11) is 0. The molecule has 2 heterocycles. The van der Waals surface area contributed by atoms with Crippen molar-refractivity contribution in [2.24, 2.45) is 0 Å². The van der Waals surface area contributed by atoms with E-state index in [2.05, 4.69) is 20.5 Å². The van der Waals surface area contributed by atoms with E-state index in [0.29, 0.717) is 34.8 Å². The first kappa shape index (κ1) is 16.7. The zero-order chi connectivity index (χ0) is 17.9. The first-order valence-electron chi connectivity index (χ1n) is 8.57. The molecular weight excluding hydrogens is 335 g/mol. The molecule has 0 spiro atoms. The second-order valence-corrected chi connectivity index (χ2v) is 6.28. The number of anilines is 1. The molecule has 1 aromatic heterocycles. The van der Waals surface area contributed by atoms with Gasteiger partial charge < -0.3 is 15.1 Å². The molecule has 26 heavy (non-hydrogen) atoms. The molecule has 0 bridgehead atoms. The molecule has 0 radical (unpaired) electrons. The minimum Gasteiger partial charge on any atom is -0.436 e. The van der Waals surface area contributed by atoms with Crippen molar-refractivity contribution >= 4 is 22.7 Å². The third kappa shape index (κ3) is 3.74. The normalized spacial score (nSPS) is 15.3. The second kappa shape index (κ2) is 7.23. The van der Waals surface area contributed by atoms with Crippen molar-refractivity contribution in [3.05, 3.63) is 48.3 Å². The molecule has 2 aromatic carbocycles. The molecule has 6 nitrogen and oxygen atoms in total. The number of nitrogens with zero attached hydrogens (tertiary/aromatic N) is 2. The summed E-state index contributed by atoms with van der Waals surface area (Å²) < 4.78 is 18.8. The number of aromatic nitrogens is 1. The highest BCUT2D eigenvalue weighted by atomic mass is 19.1. The fraction of sp³-hybridized carbons (Fsp3) is 0.263. The molecule has 7 heteroatoms. The first-order valence-corrected chi connectivity index (χ1v) is 8.57. The molecule has 0 saturated carbocycles. The molecule has 1 aliphatic rings. The number of hydrogen-bond donors (Lipinski definition) is 2. The Labute approximate surface area is 150 Å². The van der Waals surface area contributed by atoms with Gasteiger partial charge in [-0.3, -0.25) is 9.69 Å². The monoisotopic (exact) mass is 354 g/mol. The van der Waals surface area contributed by atoms with Crippen molar-refractivity contribution in [3.63, 3.8) is 0 Å². The van der Waals surface area contributed by atoms with Gasteiger partial charge in [-0.15, -0.1) is 0 Å². The molecule has 2 N–H and O–H groups in total. The number of halogens is 1. The summed E-state index contributed by atoms with van der Waals surface area (Å²) in [6, 6.07) is 11.3. The van der Waals surface area contributed by atoms with Crippen molar-refractivity contribution in [1.82, 2.24) is 15.2 Å². The number of benzene rings is 2. The Morgan fingerprint density at radius 3 is 2.73 bits per heavy atom. The Hall–Kier alpha value is -2.77. The number of amides is 1. The highest BCUT2D eigenvalue weighted by Crippen LogP contribution is 2.26. The Kier molecular flexibility index (Phi) is 4.64. The van der Waals surface area contributed by atoms with E-state index in [1.165, 1.54) is 12.1 Å². The Balaban J connectivity index is 1.48. The van der Waals surface area contributed by atoms with Gasteiger partial charge in [-0.2, -0.15) is 0 Å². The summed E-state index contributed by atoms with van der Waals surface area (Å²) in [4.78, 5) is 18.8. The van der Waals surface area contributed by atoms with E-state index in [9.17, 15) is 9.18 Å². The third-order valence-corrected chi connectivity index (χ3v) is 4.34. The van der Waals surface area contributed by atoms with Gasteiger partial charge in [-0.25, -0.2) is 9.37 Å². The van der Waals surface area contributed by atoms with Crippen LogP contribution in [0.15, 0.2) is 46.9 Å². The average Bonchev–Trinajstić information content (AvgIpc) is 3.06. The summed E-state index contributed by atoms with van der Waals surface area (Å²) in [5, 5.41) is 6.17. The van der Waals surface area contributed by atoms with Crippen molar-refractivity contribution in [2.75, 3.05) is 38.0 Å². The van der Waals surface area contributed by atoms with Crippen LogP contribution in [0.25, 0.3) is 22.6 Å². The molecule has 0 aliphatic carbocycles. The smallest absolute Gasteiger partial charge is 0.238 e. The maximum atomic E-state index is 13.1. The summed E-state index contributed by atoms with van der Waals surface area (Å²) in [6.45, 7) is 3.93. The number of carbonyl (C=O) groups is 1. The van der Waals surface area contributed by atoms with Gasteiger partial charge in [0, 0.05) is 37.4 Å². The number of oxazole rings is 1. The minimum absolute atomic E-state index is 0.0477.